The zero-order valence-corrected chi connectivity index (χ0v) is 13.0. The summed E-state index contributed by atoms with van der Waals surface area (Å²) in [5.74, 6) is -1.26. The molecule has 0 aliphatic heterocycles. The summed E-state index contributed by atoms with van der Waals surface area (Å²) in [6, 6.07) is 1.29. The van der Waals surface area contributed by atoms with Crippen LogP contribution in [0.1, 0.15) is 30.1 Å². The molecule has 0 spiro atoms. The van der Waals surface area contributed by atoms with E-state index in [9.17, 15) is 17.6 Å². The van der Waals surface area contributed by atoms with Crippen molar-refractivity contribution in [1.82, 2.24) is 10.3 Å². The minimum Gasteiger partial charge on any atom is -0.368 e. The number of carbonyl (C=O) groups excluding carboxylic acids is 1. The highest BCUT2D eigenvalue weighted by atomic mass is 32.2. The van der Waals surface area contributed by atoms with Crippen molar-refractivity contribution in [3.05, 3.63) is 23.6 Å². The van der Waals surface area contributed by atoms with Crippen LogP contribution in [0, 0.1) is 5.82 Å². The summed E-state index contributed by atoms with van der Waals surface area (Å²) in [5.41, 5.74) is -0.108. The maximum atomic E-state index is 14.1. The van der Waals surface area contributed by atoms with E-state index in [0.29, 0.717) is 6.54 Å². The maximum absolute atomic E-state index is 14.1. The van der Waals surface area contributed by atoms with E-state index in [2.05, 4.69) is 15.6 Å². The molecule has 1 rings (SSSR count). The maximum Gasteiger partial charge on any atom is 0.254 e. The molecule has 118 valence electrons. The minimum absolute atomic E-state index is 0.0184. The molecule has 1 aromatic heterocycles. The van der Waals surface area contributed by atoms with Crippen LogP contribution in [0.4, 0.5) is 10.2 Å². The summed E-state index contributed by atoms with van der Waals surface area (Å²) in [6.07, 6.45) is 3.58. The molecule has 6 nitrogen and oxygen atoms in total. The average molecular weight is 317 g/mol. The highest BCUT2D eigenvalue weighted by molar-refractivity contribution is 7.90. The van der Waals surface area contributed by atoms with Crippen LogP contribution in [0.2, 0.25) is 0 Å². The van der Waals surface area contributed by atoms with Gasteiger partial charge in [0.25, 0.3) is 5.91 Å². The highest BCUT2D eigenvalue weighted by Crippen LogP contribution is 2.14. The van der Waals surface area contributed by atoms with Crippen LogP contribution in [0.5, 0.6) is 0 Å². The first kappa shape index (κ1) is 17.4. The molecule has 1 heterocycles. The Morgan fingerprint density at radius 1 is 1.38 bits per heavy atom. The van der Waals surface area contributed by atoms with E-state index in [4.69, 9.17) is 0 Å². The molecule has 0 aliphatic rings. The van der Waals surface area contributed by atoms with Crippen molar-refractivity contribution in [3.63, 3.8) is 0 Å². The van der Waals surface area contributed by atoms with E-state index >= 15 is 0 Å². The fourth-order valence-electron chi connectivity index (χ4n) is 1.62. The van der Waals surface area contributed by atoms with E-state index in [1.165, 1.54) is 12.3 Å². The molecule has 0 radical (unpaired) electrons. The molecule has 0 aromatic carbocycles. The number of hydrogen-bond donors (Lipinski definition) is 2. The van der Waals surface area contributed by atoms with Crippen LogP contribution >= 0.6 is 0 Å². The lowest BCUT2D eigenvalue weighted by atomic mass is 10.2. The van der Waals surface area contributed by atoms with Crippen molar-refractivity contribution in [2.45, 2.75) is 19.8 Å². The molecule has 21 heavy (non-hydrogen) atoms. The lowest BCUT2D eigenvalue weighted by Crippen LogP contribution is -2.27. The predicted octanol–water partition coefficient (Wildman–Crippen LogP) is 1.21. The molecule has 1 amide bonds. The van der Waals surface area contributed by atoms with Gasteiger partial charge in [-0.1, -0.05) is 6.92 Å². The zero-order valence-electron chi connectivity index (χ0n) is 12.1. The molecule has 0 saturated heterocycles. The van der Waals surface area contributed by atoms with Gasteiger partial charge in [0.2, 0.25) is 0 Å². The summed E-state index contributed by atoms with van der Waals surface area (Å²) in [6.45, 7) is 2.66. The van der Waals surface area contributed by atoms with Crippen LogP contribution < -0.4 is 10.6 Å². The summed E-state index contributed by atoms with van der Waals surface area (Å²) >= 11 is 0. The van der Waals surface area contributed by atoms with Gasteiger partial charge in [-0.25, -0.2) is 17.8 Å². The van der Waals surface area contributed by atoms with Crippen molar-refractivity contribution in [3.8, 4) is 0 Å². The van der Waals surface area contributed by atoms with Gasteiger partial charge >= 0.3 is 0 Å². The monoisotopic (exact) mass is 317 g/mol. The smallest absolute Gasteiger partial charge is 0.254 e. The minimum atomic E-state index is -3.06. The standard InChI is InChI=1S/C13H20FN3O3S/c1-3-6-15-12-11(14)10(5-8-16-12)13(18)17-7-4-9-21(2,19)20/h5,8H,3-4,6-7,9H2,1-2H3,(H,15,16)(H,17,18). The largest absolute Gasteiger partial charge is 0.368 e. The Bertz CT molecular complexity index is 590. The van der Waals surface area contributed by atoms with Crippen LogP contribution in [-0.4, -0.2) is 44.4 Å². The van der Waals surface area contributed by atoms with Crippen LogP contribution in [0.25, 0.3) is 0 Å². The summed E-state index contributed by atoms with van der Waals surface area (Å²) < 4.78 is 36.0. The van der Waals surface area contributed by atoms with Crippen molar-refractivity contribution >= 4 is 21.6 Å². The Morgan fingerprint density at radius 2 is 2.10 bits per heavy atom. The predicted molar refractivity (Wildman–Crippen MR) is 79.6 cm³/mol. The van der Waals surface area contributed by atoms with Gasteiger partial charge in [-0.2, -0.15) is 0 Å². The number of aromatic nitrogens is 1. The molecule has 0 saturated carbocycles. The Morgan fingerprint density at radius 3 is 2.71 bits per heavy atom. The van der Waals surface area contributed by atoms with E-state index in [0.717, 1.165) is 12.7 Å². The Balaban J connectivity index is 2.61. The van der Waals surface area contributed by atoms with E-state index in [1.54, 1.807) is 0 Å². The Hall–Kier alpha value is -1.70. The van der Waals surface area contributed by atoms with Gasteiger partial charge in [-0.15, -0.1) is 0 Å². The highest BCUT2D eigenvalue weighted by Gasteiger charge is 2.15. The van der Waals surface area contributed by atoms with Crippen LogP contribution in [0.15, 0.2) is 12.3 Å². The second kappa shape index (κ2) is 7.92. The molecule has 0 bridgehead atoms. The second-order valence-corrected chi connectivity index (χ2v) is 6.95. The molecular formula is C13H20FN3O3S. The second-order valence-electron chi connectivity index (χ2n) is 4.69. The number of sulfone groups is 1. The first-order chi connectivity index (χ1) is 9.85. The van der Waals surface area contributed by atoms with Gasteiger partial charge in [0.15, 0.2) is 11.6 Å². The fourth-order valence-corrected chi connectivity index (χ4v) is 2.29. The molecule has 1 aromatic rings. The number of hydrogen-bond acceptors (Lipinski definition) is 5. The Kier molecular flexibility index (Phi) is 6.54. The van der Waals surface area contributed by atoms with Gasteiger partial charge in [0.1, 0.15) is 9.84 Å². The summed E-state index contributed by atoms with van der Waals surface area (Å²) in [5, 5.41) is 5.30. The number of anilines is 1. The first-order valence-corrected chi connectivity index (χ1v) is 8.75. The van der Waals surface area contributed by atoms with Gasteiger partial charge < -0.3 is 10.6 Å². The summed E-state index contributed by atoms with van der Waals surface area (Å²) in [7, 11) is -3.06. The molecule has 8 heteroatoms. The van der Waals surface area contributed by atoms with Crippen molar-refractivity contribution in [2.75, 3.05) is 30.4 Å². The Labute approximate surface area is 124 Å². The number of rotatable bonds is 8. The van der Waals surface area contributed by atoms with Crippen molar-refractivity contribution in [1.29, 1.82) is 0 Å². The van der Waals surface area contributed by atoms with Gasteiger partial charge in [-0.3, -0.25) is 4.79 Å². The van der Waals surface area contributed by atoms with Crippen LogP contribution in [-0.2, 0) is 9.84 Å². The van der Waals surface area contributed by atoms with E-state index < -0.39 is 21.6 Å². The fraction of sp³-hybridized carbons (Fsp3) is 0.538. The number of pyridine rings is 1. The average Bonchev–Trinajstić information content (AvgIpc) is 2.41. The van der Waals surface area contributed by atoms with Crippen molar-refractivity contribution in [2.24, 2.45) is 0 Å². The van der Waals surface area contributed by atoms with Gasteiger partial charge in [0, 0.05) is 25.5 Å². The quantitative estimate of drug-likeness (QED) is 0.704. The third-order valence-electron chi connectivity index (χ3n) is 2.65. The zero-order chi connectivity index (χ0) is 15.9. The molecule has 0 unspecified atom stereocenters. The van der Waals surface area contributed by atoms with Crippen molar-refractivity contribution < 1.29 is 17.6 Å². The van der Waals surface area contributed by atoms with Gasteiger partial charge in [0.05, 0.1) is 11.3 Å². The molecule has 2 N–H and O–H groups in total. The van der Waals surface area contributed by atoms with E-state index in [1.807, 2.05) is 6.92 Å². The number of carbonyl (C=O) groups is 1. The number of halogens is 1. The number of nitrogens with one attached hydrogen (secondary N) is 2. The number of nitrogens with zero attached hydrogens (tertiary/aromatic N) is 1. The van der Waals surface area contributed by atoms with Gasteiger partial charge in [-0.05, 0) is 18.9 Å². The SMILES string of the molecule is CCCNc1nccc(C(=O)NCCCS(C)(=O)=O)c1F. The lowest BCUT2D eigenvalue weighted by Gasteiger charge is -2.09. The topological polar surface area (TPSA) is 88.2 Å². The molecule has 0 atom stereocenters. The first-order valence-electron chi connectivity index (χ1n) is 6.69. The molecular weight excluding hydrogens is 297 g/mol. The molecule has 0 aliphatic carbocycles. The third kappa shape index (κ3) is 6.07. The summed E-state index contributed by atoms with van der Waals surface area (Å²) in [4.78, 5) is 15.7. The third-order valence-corrected chi connectivity index (χ3v) is 3.68. The van der Waals surface area contributed by atoms with E-state index in [-0.39, 0.29) is 30.1 Å². The lowest BCUT2D eigenvalue weighted by molar-refractivity contribution is 0.0949. The molecule has 0 fully saturated rings. The van der Waals surface area contributed by atoms with Crippen LogP contribution in [0.3, 0.4) is 0 Å². The normalized spacial score (nSPS) is 11.2. The number of amides is 1.